The third-order valence-electron chi connectivity index (χ3n) is 2.95. The molecule has 8 nitrogen and oxygen atoms in total. The van der Waals surface area contributed by atoms with Crippen molar-refractivity contribution in [3.63, 3.8) is 0 Å². The number of rotatable bonds is 5. The van der Waals surface area contributed by atoms with Crippen molar-refractivity contribution in [2.24, 2.45) is 0 Å². The zero-order valence-corrected chi connectivity index (χ0v) is 11.5. The quantitative estimate of drug-likeness (QED) is 0.724. The molecule has 2 heterocycles. The predicted octanol–water partition coefficient (Wildman–Crippen LogP) is 0.228. The Balaban J connectivity index is 1.58. The highest BCUT2D eigenvalue weighted by atomic mass is 16.2. The van der Waals surface area contributed by atoms with Crippen LogP contribution in [0, 0.1) is 0 Å². The van der Waals surface area contributed by atoms with Gasteiger partial charge in [-0.2, -0.15) is 20.1 Å². The Kier molecular flexibility index (Phi) is 3.59. The highest BCUT2D eigenvalue weighted by Crippen LogP contribution is 2.06. The number of carbonyl (C=O) groups is 1. The minimum atomic E-state index is -0.136. The summed E-state index contributed by atoms with van der Waals surface area (Å²) in [5.74, 6) is -0.136. The van der Waals surface area contributed by atoms with E-state index in [0.717, 1.165) is 11.0 Å². The maximum absolute atomic E-state index is 12.0. The molecule has 1 N–H and O–H groups in total. The maximum atomic E-state index is 12.0. The standard InChI is InChI=1S/C13H15N7O/c1-10(6-19-9-14-8-15-19)16-13(21)7-20-17-11-4-2-3-5-12(11)18-20/h2-5,8-10H,6-7H2,1H3,(H,16,21)/t10-/m0/s1. The summed E-state index contributed by atoms with van der Waals surface area (Å²) in [6, 6.07) is 7.46. The summed E-state index contributed by atoms with van der Waals surface area (Å²) in [7, 11) is 0. The molecule has 3 aromatic rings. The molecule has 1 amide bonds. The van der Waals surface area contributed by atoms with E-state index in [0.29, 0.717) is 6.54 Å². The highest BCUT2D eigenvalue weighted by molar-refractivity contribution is 5.77. The van der Waals surface area contributed by atoms with Gasteiger partial charge in [-0.15, -0.1) is 0 Å². The number of nitrogens with zero attached hydrogens (tertiary/aromatic N) is 6. The Hall–Kier alpha value is -2.77. The fraction of sp³-hybridized carbons (Fsp3) is 0.308. The summed E-state index contributed by atoms with van der Waals surface area (Å²) >= 11 is 0. The van der Waals surface area contributed by atoms with Gasteiger partial charge in [-0.3, -0.25) is 9.48 Å². The van der Waals surface area contributed by atoms with E-state index in [1.54, 1.807) is 11.0 Å². The van der Waals surface area contributed by atoms with Crippen LogP contribution >= 0.6 is 0 Å². The first-order chi connectivity index (χ1) is 10.2. The number of benzene rings is 1. The summed E-state index contributed by atoms with van der Waals surface area (Å²) in [5.41, 5.74) is 1.56. The van der Waals surface area contributed by atoms with Crippen LogP contribution in [-0.2, 0) is 17.9 Å². The molecule has 0 fully saturated rings. The topological polar surface area (TPSA) is 90.5 Å². The van der Waals surface area contributed by atoms with E-state index in [1.807, 2.05) is 31.2 Å². The molecule has 0 saturated heterocycles. The average molecular weight is 285 g/mol. The fourth-order valence-electron chi connectivity index (χ4n) is 2.08. The van der Waals surface area contributed by atoms with E-state index in [1.165, 1.54) is 11.1 Å². The van der Waals surface area contributed by atoms with E-state index >= 15 is 0 Å². The summed E-state index contributed by atoms with van der Waals surface area (Å²) in [4.78, 5) is 17.2. The molecule has 0 bridgehead atoms. The van der Waals surface area contributed by atoms with Crippen LogP contribution in [-0.4, -0.2) is 41.7 Å². The van der Waals surface area contributed by atoms with Gasteiger partial charge in [-0.1, -0.05) is 12.1 Å². The first-order valence-corrected chi connectivity index (χ1v) is 6.62. The molecule has 8 heteroatoms. The highest BCUT2D eigenvalue weighted by Gasteiger charge is 2.11. The third kappa shape index (κ3) is 3.22. The smallest absolute Gasteiger partial charge is 0.243 e. The molecule has 108 valence electrons. The number of hydrogen-bond donors (Lipinski definition) is 1. The first-order valence-electron chi connectivity index (χ1n) is 6.62. The first kappa shape index (κ1) is 13.2. The van der Waals surface area contributed by atoms with E-state index in [-0.39, 0.29) is 18.5 Å². The number of aromatic nitrogens is 6. The average Bonchev–Trinajstić information content (AvgIpc) is 3.06. The number of fused-ring (bicyclic) bond motifs is 1. The van der Waals surface area contributed by atoms with Crippen LogP contribution in [0.25, 0.3) is 11.0 Å². The summed E-state index contributed by atoms with van der Waals surface area (Å²) < 4.78 is 1.67. The van der Waals surface area contributed by atoms with Crippen LogP contribution in [0.15, 0.2) is 36.9 Å². The van der Waals surface area contributed by atoms with Gasteiger partial charge in [0.25, 0.3) is 0 Å². The van der Waals surface area contributed by atoms with Crippen molar-refractivity contribution in [2.45, 2.75) is 26.1 Å². The summed E-state index contributed by atoms with van der Waals surface area (Å²) in [6.07, 6.45) is 3.08. The van der Waals surface area contributed by atoms with Gasteiger partial charge in [0.15, 0.2) is 0 Å². The van der Waals surface area contributed by atoms with E-state index in [2.05, 4.69) is 25.6 Å². The lowest BCUT2D eigenvalue weighted by Gasteiger charge is -2.13. The van der Waals surface area contributed by atoms with E-state index in [4.69, 9.17) is 0 Å². The second-order valence-corrected chi connectivity index (χ2v) is 4.81. The number of hydrogen-bond acceptors (Lipinski definition) is 5. The maximum Gasteiger partial charge on any atom is 0.243 e. The molecule has 1 atom stereocenters. The van der Waals surface area contributed by atoms with Crippen LogP contribution in [0.1, 0.15) is 6.92 Å². The molecule has 0 aliphatic carbocycles. The molecule has 21 heavy (non-hydrogen) atoms. The van der Waals surface area contributed by atoms with Crippen molar-refractivity contribution in [2.75, 3.05) is 0 Å². The minimum Gasteiger partial charge on any atom is -0.350 e. The number of nitrogens with one attached hydrogen (secondary N) is 1. The molecule has 0 unspecified atom stereocenters. The normalized spacial score (nSPS) is 12.4. The zero-order valence-electron chi connectivity index (χ0n) is 11.5. The lowest BCUT2D eigenvalue weighted by atomic mass is 10.3. The SMILES string of the molecule is C[C@@H](Cn1cncn1)NC(=O)Cn1nc2ccccc2n1. The second kappa shape index (κ2) is 5.70. The Labute approximate surface area is 120 Å². The Morgan fingerprint density at radius 1 is 1.29 bits per heavy atom. The minimum absolute atomic E-state index is 0.0517. The predicted molar refractivity (Wildman–Crippen MR) is 75.2 cm³/mol. The van der Waals surface area contributed by atoms with Gasteiger partial charge in [0.05, 0.1) is 6.54 Å². The third-order valence-corrected chi connectivity index (χ3v) is 2.95. The van der Waals surface area contributed by atoms with Crippen LogP contribution in [0.2, 0.25) is 0 Å². The van der Waals surface area contributed by atoms with Crippen LogP contribution in [0.4, 0.5) is 0 Å². The van der Waals surface area contributed by atoms with E-state index < -0.39 is 0 Å². The van der Waals surface area contributed by atoms with Gasteiger partial charge in [-0.05, 0) is 19.1 Å². The number of carbonyl (C=O) groups excluding carboxylic acids is 1. The van der Waals surface area contributed by atoms with Crippen molar-refractivity contribution in [1.82, 2.24) is 35.1 Å². The summed E-state index contributed by atoms with van der Waals surface area (Å²) in [5, 5.41) is 15.4. The molecule has 0 aliphatic heterocycles. The fourth-order valence-corrected chi connectivity index (χ4v) is 2.08. The summed E-state index contributed by atoms with van der Waals surface area (Å²) in [6.45, 7) is 2.57. The van der Waals surface area contributed by atoms with Gasteiger partial charge in [0, 0.05) is 6.04 Å². The van der Waals surface area contributed by atoms with Crippen molar-refractivity contribution in [3.8, 4) is 0 Å². The Morgan fingerprint density at radius 3 is 2.62 bits per heavy atom. The lowest BCUT2D eigenvalue weighted by molar-refractivity contribution is -0.122. The lowest BCUT2D eigenvalue weighted by Crippen LogP contribution is -2.38. The Morgan fingerprint density at radius 2 is 2.00 bits per heavy atom. The van der Waals surface area contributed by atoms with Crippen molar-refractivity contribution in [1.29, 1.82) is 0 Å². The van der Waals surface area contributed by atoms with Crippen molar-refractivity contribution >= 4 is 16.9 Å². The van der Waals surface area contributed by atoms with Gasteiger partial charge < -0.3 is 5.32 Å². The Bertz CT molecular complexity index is 701. The second-order valence-electron chi connectivity index (χ2n) is 4.81. The molecular weight excluding hydrogens is 270 g/mol. The van der Waals surface area contributed by atoms with Gasteiger partial charge >= 0.3 is 0 Å². The van der Waals surface area contributed by atoms with Crippen molar-refractivity contribution < 1.29 is 4.79 Å². The molecular formula is C13H15N7O. The molecule has 0 aliphatic rings. The molecule has 0 spiro atoms. The monoisotopic (exact) mass is 285 g/mol. The van der Waals surface area contributed by atoms with E-state index in [9.17, 15) is 4.79 Å². The van der Waals surface area contributed by atoms with Crippen molar-refractivity contribution in [3.05, 3.63) is 36.9 Å². The molecule has 1 aromatic carbocycles. The largest absolute Gasteiger partial charge is 0.350 e. The van der Waals surface area contributed by atoms with Crippen LogP contribution in [0.3, 0.4) is 0 Å². The molecule has 2 aromatic heterocycles. The number of amides is 1. The molecule has 3 rings (SSSR count). The molecule has 0 radical (unpaired) electrons. The van der Waals surface area contributed by atoms with Gasteiger partial charge in [0.1, 0.15) is 30.2 Å². The van der Waals surface area contributed by atoms with Gasteiger partial charge in [0.2, 0.25) is 5.91 Å². The zero-order chi connectivity index (χ0) is 14.7. The van der Waals surface area contributed by atoms with Gasteiger partial charge in [-0.25, -0.2) is 4.98 Å². The van der Waals surface area contributed by atoms with Crippen LogP contribution < -0.4 is 5.32 Å². The van der Waals surface area contributed by atoms with Crippen LogP contribution in [0.5, 0.6) is 0 Å². The molecule has 0 saturated carbocycles.